The Balaban J connectivity index is 2.26. The first kappa shape index (κ1) is 13.0. The summed E-state index contributed by atoms with van der Waals surface area (Å²) in [5.74, 6) is -0.237. The van der Waals surface area contributed by atoms with Gasteiger partial charge in [0.25, 0.3) is 0 Å². The highest BCUT2D eigenvalue weighted by molar-refractivity contribution is 5.87. The van der Waals surface area contributed by atoms with Gasteiger partial charge in [0, 0.05) is 0 Å². The van der Waals surface area contributed by atoms with Crippen molar-refractivity contribution in [2.45, 2.75) is 19.4 Å². The van der Waals surface area contributed by atoms with E-state index in [1.54, 1.807) is 10.9 Å². The van der Waals surface area contributed by atoms with E-state index in [1.807, 2.05) is 44.2 Å². The van der Waals surface area contributed by atoms with Crippen molar-refractivity contribution in [3.05, 3.63) is 54.9 Å². The number of aromatic nitrogens is 3. The molecule has 98 valence electrons. The van der Waals surface area contributed by atoms with E-state index in [1.165, 1.54) is 6.08 Å². The molecule has 1 aromatic carbocycles. The van der Waals surface area contributed by atoms with Crippen LogP contribution in [0.4, 0.5) is 0 Å². The van der Waals surface area contributed by atoms with Crippen LogP contribution in [0, 0.1) is 0 Å². The maximum absolute atomic E-state index is 11.4. The van der Waals surface area contributed by atoms with Gasteiger partial charge < -0.3 is 5.32 Å². The van der Waals surface area contributed by atoms with Crippen molar-refractivity contribution < 1.29 is 4.79 Å². The normalized spacial score (nSPS) is 11.1. The summed E-state index contributed by atoms with van der Waals surface area (Å²) in [5.41, 5.74) is 1.01. The molecule has 0 radical (unpaired) electrons. The van der Waals surface area contributed by atoms with Crippen LogP contribution >= 0.6 is 0 Å². The maximum Gasteiger partial charge on any atom is 0.244 e. The SMILES string of the molecule is C=CC(=O)NC(C)(C)c1cn(-c2ccccc2)nn1. The van der Waals surface area contributed by atoms with Crippen LogP contribution in [0.2, 0.25) is 0 Å². The zero-order valence-corrected chi connectivity index (χ0v) is 11.0. The molecule has 0 aliphatic heterocycles. The van der Waals surface area contributed by atoms with Crippen LogP contribution in [-0.2, 0) is 10.3 Å². The lowest BCUT2D eigenvalue weighted by Crippen LogP contribution is -2.40. The van der Waals surface area contributed by atoms with E-state index in [2.05, 4.69) is 22.2 Å². The second-order valence-electron chi connectivity index (χ2n) is 4.70. The largest absolute Gasteiger partial charge is 0.342 e. The van der Waals surface area contributed by atoms with Crippen molar-refractivity contribution in [3.8, 4) is 5.69 Å². The number of nitrogens with one attached hydrogen (secondary N) is 1. The van der Waals surface area contributed by atoms with E-state index in [0.717, 1.165) is 5.69 Å². The van der Waals surface area contributed by atoms with Gasteiger partial charge in [0.15, 0.2) is 0 Å². The van der Waals surface area contributed by atoms with Crippen LogP contribution < -0.4 is 5.32 Å². The van der Waals surface area contributed by atoms with Crippen LogP contribution in [0.3, 0.4) is 0 Å². The topological polar surface area (TPSA) is 59.8 Å². The number of nitrogens with zero attached hydrogens (tertiary/aromatic N) is 3. The van der Waals surface area contributed by atoms with E-state index in [-0.39, 0.29) is 5.91 Å². The summed E-state index contributed by atoms with van der Waals surface area (Å²) in [5, 5.41) is 11.0. The third-order valence-corrected chi connectivity index (χ3v) is 2.78. The van der Waals surface area contributed by atoms with Gasteiger partial charge in [-0.25, -0.2) is 4.68 Å². The lowest BCUT2D eigenvalue weighted by molar-refractivity contribution is -0.118. The molecule has 5 nitrogen and oxygen atoms in total. The van der Waals surface area contributed by atoms with Gasteiger partial charge in [-0.05, 0) is 32.1 Å². The summed E-state index contributed by atoms with van der Waals surface area (Å²) in [4.78, 5) is 11.4. The number of benzene rings is 1. The van der Waals surface area contributed by atoms with Crippen molar-refractivity contribution in [2.24, 2.45) is 0 Å². The molecule has 19 heavy (non-hydrogen) atoms. The van der Waals surface area contributed by atoms with Crippen LogP contribution in [-0.4, -0.2) is 20.9 Å². The van der Waals surface area contributed by atoms with E-state index >= 15 is 0 Å². The molecule has 1 N–H and O–H groups in total. The molecule has 5 heteroatoms. The minimum Gasteiger partial charge on any atom is -0.342 e. The Kier molecular flexibility index (Phi) is 3.46. The molecule has 0 atom stereocenters. The van der Waals surface area contributed by atoms with Gasteiger partial charge in [0.05, 0.1) is 17.4 Å². The smallest absolute Gasteiger partial charge is 0.244 e. The zero-order valence-electron chi connectivity index (χ0n) is 11.0. The van der Waals surface area contributed by atoms with Gasteiger partial charge in [-0.1, -0.05) is 30.0 Å². The standard InChI is InChI=1S/C14H16N4O/c1-4-13(19)15-14(2,3)12-10-18(17-16-12)11-8-6-5-7-9-11/h4-10H,1H2,2-3H3,(H,15,19). The van der Waals surface area contributed by atoms with E-state index in [9.17, 15) is 4.79 Å². The summed E-state index contributed by atoms with van der Waals surface area (Å²) < 4.78 is 1.68. The van der Waals surface area contributed by atoms with Gasteiger partial charge in [-0.2, -0.15) is 0 Å². The number of hydrogen-bond acceptors (Lipinski definition) is 3. The number of rotatable bonds is 4. The summed E-state index contributed by atoms with van der Waals surface area (Å²) in [6.45, 7) is 7.18. The Morgan fingerprint density at radius 2 is 2.05 bits per heavy atom. The van der Waals surface area contributed by atoms with Gasteiger partial charge in [-0.15, -0.1) is 5.10 Å². The van der Waals surface area contributed by atoms with Crippen molar-refractivity contribution in [2.75, 3.05) is 0 Å². The molecule has 1 aromatic heterocycles. The molecule has 0 bridgehead atoms. The first-order valence-corrected chi connectivity index (χ1v) is 5.96. The predicted molar refractivity (Wildman–Crippen MR) is 72.7 cm³/mol. The Labute approximate surface area is 111 Å². The number of hydrogen-bond donors (Lipinski definition) is 1. The van der Waals surface area contributed by atoms with Gasteiger partial charge in [0.2, 0.25) is 5.91 Å². The fraction of sp³-hybridized carbons (Fsp3) is 0.214. The van der Waals surface area contributed by atoms with E-state index < -0.39 is 5.54 Å². The lowest BCUT2D eigenvalue weighted by atomic mass is 10.0. The quantitative estimate of drug-likeness (QED) is 0.849. The number of para-hydroxylation sites is 1. The molecule has 0 aliphatic rings. The van der Waals surface area contributed by atoms with Crippen LogP contribution in [0.1, 0.15) is 19.5 Å². The molecule has 0 saturated carbocycles. The highest BCUT2D eigenvalue weighted by atomic mass is 16.1. The highest BCUT2D eigenvalue weighted by Crippen LogP contribution is 2.18. The fourth-order valence-electron chi connectivity index (χ4n) is 1.68. The minimum atomic E-state index is -0.599. The van der Waals surface area contributed by atoms with Crippen molar-refractivity contribution >= 4 is 5.91 Å². The first-order chi connectivity index (χ1) is 9.03. The molecule has 0 spiro atoms. The summed E-state index contributed by atoms with van der Waals surface area (Å²) in [6, 6.07) is 9.68. The molecule has 1 heterocycles. The molecule has 0 saturated heterocycles. The Bertz CT molecular complexity index is 587. The van der Waals surface area contributed by atoms with Crippen LogP contribution in [0.25, 0.3) is 5.69 Å². The Morgan fingerprint density at radius 1 is 1.37 bits per heavy atom. The summed E-state index contributed by atoms with van der Waals surface area (Å²) in [6.07, 6.45) is 3.04. The molecule has 1 amide bonds. The van der Waals surface area contributed by atoms with Gasteiger partial charge >= 0.3 is 0 Å². The Morgan fingerprint density at radius 3 is 2.68 bits per heavy atom. The summed E-state index contributed by atoms with van der Waals surface area (Å²) in [7, 11) is 0. The van der Waals surface area contributed by atoms with E-state index in [4.69, 9.17) is 0 Å². The number of carbonyl (C=O) groups is 1. The molecule has 2 aromatic rings. The molecular formula is C14H16N4O. The van der Waals surface area contributed by atoms with Crippen molar-refractivity contribution in [3.63, 3.8) is 0 Å². The number of carbonyl (C=O) groups excluding carboxylic acids is 1. The molecule has 0 fully saturated rings. The van der Waals surface area contributed by atoms with E-state index in [0.29, 0.717) is 5.69 Å². The monoisotopic (exact) mass is 256 g/mol. The minimum absolute atomic E-state index is 0.237. The summed E-state index contributed by atoms with van der Waals surface area (Å²) >= 11 is 0. The third kappa shape index (κ3) is 2.88. The predicted octanol–water partition coefficient (Wildman–Crippen LogP) is 1.80. The number of amides is 1. The fourth-order valence-corrected chi connectivity index (χ4v) is 1.68. The first-order valence-electron chi connectivity index (χ1n) is 5.96. The molecule has 2 rings (SSSR count). The molecular weight excluding hydrogens is 240 g/mol. The van der Waals surface area contributed by atoms with Crippen molar-refractivity contribution in [1.29, 1.82) is 0 Å². The second-order valence-corrected chi connectivity index (χ2v) is 4.70. The lowest BCUT2D eigenvalue weighted by Gasteiger charge is -2.22. The average molecular weight is 256 g/mol. The Hall–Kier alpha value is -2.43. The second kappa shape index (κ2) is 5.06. The zero-order chi connectivity index (χ0) is 13.9. The third-order valence-electron chi connectivity index (χ3n) is 2.78. The average Bonchev–Trinajstić information content (AvgIpc) is 2.89. The van der Waals surface area contributed by atoms with Crippen LogP contribution in [0.5, 0.6) is 0 Å². The van der Waals surface area contributed by atoms with Gasteiger partial charge in [-0.3, -0.25) is 4.79 Å². The molecule has 0 unspecified atom stereocenters. The highest BCUT2D eigenvalue weighted by Gasteiger charge is 2.25. The van der Waals surface area contributed by atoms with Crippen molar-refractivity contribution in [1.82, 2.24) is 20.3 Å². The van der Waals surface area contributed by atoms with Crippen LogP contribution in [0.15, 0.2) is 49.2 Å². The maximum atomic E-state index is 11.4. The molecule has 0 aliphatic carbocycles. The van der Waals surface area contributed by atoms with Gasteiger partial charge in [0.1, 0.15) is 5.69 Å².